The minimum atomic E-state index is -0.0173. The van der Waals surface area contributed by atoms with Crippen LogP contribution in [0.25, 0.3) is 4.96 Å². The molecule has 0 fully saturated rings. The fourth-order valence-electron chi connectivity index (χ4n) is 2.25. The monoisotopic (exact) mass is 273 g/mol. The first-order valence-electron chi connectivity index (χ1n) is 6.23. The van der Waals surface area contributed by atoms with Crippen molar-refractivity contribution < 1.29 is 5.11 Å². The third-order valence-electron chi connectivity index (χ3n) is 3.13. The Labute approximate surface area is 115 Å². The van der Waals surface area contributed by atoms with E-state index in [0.717, 1.165) is 28.7 Å². The molecule has 2 heterocycles. The summed E-state index contributed by atoms with van der Waals surface area (Å²) in [6.07, 6.45) is 1.95. The summed E-state index contributed by atoms with van der Waals surface area (Å²) in [5.41, 5.74) is 1.92. The van der Waals surface area contributed by atoms with Crippen LogP contribution >= 0.6 is 11.3 Å². The largest absolute Gasteiger partial charge is 0.390 e. The quantitative estimate of drug-likeness (QED) is 0.794. The Balaban J connectivity index is 2.13. The van der Waals surface area contributed by atoms with Crippen LogP contribution in [-0.4, -0.2) is 21.0 Å². The number of fused-ring (bicyclic) bond motifs is 1. The number of para-hydroxylation sites is 1. The fraction of sp³-hybridized carbons (Fsp3) is 0.214. The number of aliphatic hydroxyl groups excluding tert-OH is 1. The second kappa shape index (κ2) is 5.03. The van der Waals surface area contributed by atoms with E-state index in [9.17, 15) is 5.11 Å². The summed E-state index contributed by atoms with van der Waals surface area (Å²) in [5, 5.41) is 11.6. The zero-order valence-corrected chi connectivity index (χ0v) is 11.5. The molecule has 1 aromatic carbocycles. The number of hydrogen-bond acceptors (Lipinski definition) is 4. The number of anilines is 2. The normalized spacial score (nSPS) is 11.1. The standard InChI is InChI=1S/C14H15N3OS/c1-2-16(11-6-4-3-5-7-11)13-12(10-18)17-8-9-19-14(17)15-13/h3-9,18H,2,10H2,1H3. The van der Waals surface area contributed by atoms with Gasteiger partial charge in [0.25, 0.3) is 0 Å². The lowest BCUT2D eigenvalue weighted by molar-refractivity contribution is 0.276. The summed E-state index contributed by atoms with van der Waals surface area (Å²) in [6, 6.07) is 10.1. The van der Waals surface area contributed by atoms with Crippen molar-refractivity contribution in [2.24, 2.45) is 0 Å². The van der Waals surface area contributed by atoms with Crippen LogP contribution in [0.2, 0.25) is 0 Å². The molecule has 0 amide bonds. The molecule has 5 heteroatoms. The van der Waals surface area contributed by atoms with Gasteiger partial charge in [-0.05, 0) is 19.1 Å². The van der Waals surface area contributed by atoms with Gasteiger partial charge < -0.3 is 10.0 Å². The average molecular weight is 273 g/mol. The number of aliphatic hydroxyl groups is 1. The molecule has 3 aromatic rings. The molecule has 0 saturated heterocycles. The molecule has 0 atom stereocenters. The Morgan fingerprint density at radius 3 is 2.79 bits per heavy atom. The van der Waals surface area contributed by atoms with Crippen molar-refractivity contribution in [3.63, 3.8) is 0 Å². The maximum Gasteiger partial charge on any atom is 0.195 e. The zero-order chi connectivity index (χ0) is 13.2. The van der Waals surface area contributed by atoms with Crippen LogP contribution in [0, 0.1) is 0 Å². The molecule has 0 saturated carbocycles. The Morgan fingerprint density at radius 1 is 1.32 bits per heavy atom. The first kappa shape index (κ1) is 12.2. The van der Waals surface area contributed by atoms with E-state index in [1.54, 1.807) is 11.3 Å². The van der Waals surface area contributed by atoms with Gasteiger partial charge in [0.2, 0.25) is 0 Å². The first-order valence-corrected chi connectivity index (χ1v) is 7.11. The van der Waals surface area contributed by atoms with E-state index in [1.165, 1.54) is 0 Å². The number of benzene rings is 1. The number of hydrogen-bond donors (Lipinski definition) is 1. The van der Waals surface area contributed by atoms with E-state index >= 15 is 0 Å². The highest BCUT2D eigenvalue weighted by molar-refractivity contribution is 7.15. The van der Waals surface area contributed by atoms with E-state index < -0.39 is 0 Å². The lowest BCUT2D eigenvalue weighted by Crippen LogP contribution is -2.18. The van der Waals surface area contributed by atoms with Gasteiger partial charge in [0.05, 0.1) is 12.3 Å². The van der Waals surface area contributed by atoms with Gasteiger partial charge in [0.15, 0.2) is 10.8 Å². The van der Waals surface area contributed by atoms with Gasteiger partial charge in [-0.3, -0.25) is 4.40 Å². The van der Waals surface area contributed by atoms with E-state index in [4.69, 9.17) is 0 Å². The van der Waals surface area contributed by atoms with Gasteiger partial charge in [-0.15, -0.1) is 11.3 Å². The van der Waals surface area contributed by atoms with E-state index in [-0.39, 0.29) is 6.61 Å². The Hall–Kier alpha value is -1.85. The summed E-state index contributed by atoms with van der Waals surface area (Å²) in [7, 11) is 0. The first-order chi connectivity index (χ1) is 9.35. The molecule has 3 rings (SSSR count). The van der Waals surface area contributed by atoms with Crippen molar-refractivity contribution in [1.29, 1.82) is 0 Å². The van der Waals surface area contributed by atoms with Crippen LogP contribution in [-0.2, 0) is 6.61 Å². The van der Waals surface area contributed by atoms with Gasteiger partial charge in [-0.2, -0.15) is 0 Å². The van der Waals surface area contributed by atoms with E-state index in [1.807, 2.05) is 34.2 Å². The van der Waals surface area contributed by atoms with Gasteiger partial charge in [0.1, 0.15) is 0 Å². The number of imidazole rings is 1. The third kappa shape index (κ3) is 2.01. The molecule has 19 heavy (non-hydrogen) atoms. The van der Waals surface area contributed by atoms with Crippen LogP contribution in [0.5, 0.6) is 0 Å². The molecule has 98 valence electrons. The molecule has 0 unspecified atom stereocenters. The van der Waals surface area contributed by atoms with Gasteiger partial charge in [-0.1, -0.05) is 18.2 Å². The molecule has 0 aliphatic rings. The SMILES string of the molecule is CCN(c1ccccc1)c1nc2sccn2c1CO. The maximum absolute atomic E-state index is 9.63. The molecule has 4 nitrogen and oxygen atoms in total. The Morgan fingerprint density at radius 2 is 2.11 bits per heavy atom. The molecule has 0 aliphatic carbocycles. The van der Waals surface area contributed by atoms with E-state index in [2.05, 4.69) is 28.9 Å². The van der Waals surface area contributed by atoms with Gasteiger partial charge in [-0.25, -0.2) is 4.98 Å². The third-order valence-corrected chi connectivity index (χ3v) is 3.89. The number of thiazole rings is 1. The maximum atomic E-state index is 9.63. The molecule has 0 radical (unpaired) electrons. The summed E-state index contributed by atoms with van der Waals surface area (Å²) in [5.74, 6) is 0.836. The number of nitrogens with zero attached hydrogens (tertiary/aromatic N) is 3. The van der Waals surface area contributed by atoms with Crippen LogP contribution in [0.15, 0.2) is 41.9 Å². The smallest absolute Gasteiger partial charge is 0.195 e. The Kier molecular flexibility index (Phi) is 3.23. The second-order valence-electron chi connectivity index (χ2n) is 4.18. The van der Waals surface area contributed by atoms with E-state index in [0.29, 0.717) is 0 Å². The second-order valence-corrected chi connectivity index (χ2v) is 5.05. The summed E-state index contributed by atoms with van der Waals surface area (Å²) in [4.78, 5) is 7.67. The lowest BCUT2D eigenvalue weighted by Gasteiger charge is -2.21. The topological polar surface area (TPSA) is 40.8 Å². The lowest BCUT2D eigenvalue weighted by atomic mass is 10.2. The predicted molar refractivity (Wildman–Crippen MR) is 78.1 cm³/mol. The summed E-state index contributed by atoms with van der Waals surface area (Å²) >= 11 is 1.57. The summed E-state index contributed by atoms with van der Waals surface area (Å²) < 4.78 is 1.95. The molecule has 2 aromatic heterocycles. The minimum absolute atomic E-state index is 0.0173. The van der Waals surface area contributed by atoms with Crippen molar-refractivity contribution in [1.82, 2.24) is 9.38 Å². The number of aromatic nitrogens is 2. The minimum Gasteiger partial charge on any atom is -0.390 e. The highest BCUT2D eigenvalue weighted by Crippen LogP contribution is 2.30. The molecular weight excluding hydrogens is 258 g/mol. The van der Waals surface area contributed by atoms with Crippen molar-refractivity contribution in [3.8, 4) is 0 Å². The zero-order valence-electron chi connectivity index (χ0n) is 10.7. The fourth-order valence-corrected chi connectivity index (χ4v) is 2.97. The summed E-state index contributed by atoms with van der Waals surface area (Å²) in [6.45, 7) is 2.88. The Bertz CT molecular complexity index is 674. The van der Waals surface area contributed by atoms with Crippen molar-refractivity contribution in [3.05, 3.63) is 47.6 Å². The molecule has 0 bridgehead atoms. The predicted octanol–water partition coefficient (Wildman–Crippen LogP) is 3.05. The van der Waals surface area contributed by atoms with Crippen LogP contribution in [0.1, 0.15) is 12.6 Å². The number of rotatable bonds is 4. The van der Waals surface area contributed by atoms with Crippen LogP contribution in [0.3, 0.4) is 0 Å². The van der Waals surface area contributed by atoms with Crippen molar-refractivity contribution >= 4 is 27.8 Å². The molecular formula is C14H15N3OS. The van der Waals surface area contributed by atoms with Crippen molar-refractivity contribution in [2.75, 3.05) is 11.4 Å². The highest BCUT2D eigenvalue weighted by Gasteiger charge is 2.18. The van der Waals surface area contributed by atoms with Crippen LogP contribution in [0.4, 0.5) is 11.5 Å². The molecule has 0 aliphatic heterocycles. The van der Waals surface area contributed by atoms with Gasteiger partial charge in [0, 0.05) is 23.8 Å². The average Bonchev–Trinajstić information content (AvgIpc) is 3.01. The van der Waals surface area contributed by atoms with Crippen molar-refractivity contribution in [2.45, 2.75) is 13.5 Å². The molecule has 0 spiro atoms. The van der Waals surface area contributed by atoms with Crippen LogP contribution < -0.4 is 4.90 Å². The van der Waals surface area contributed by atoms with Gasteiger partial charge >= 0.3 is 0 Å². The molecule has 1 N–H and O–H groups in total. The highest BCUT2D eigenvalue weighted by atomic mass is 32.1.